The Morgan fingerprint density at radius 2 is 1.53 bits per heavy atom. The van der Waals surface area contributed by atoms with E-state index in [4.69, 9.17) is 10.8 Å². The third kappa shape index (κ3) is 1.53. The van der Waals surface area contributed by atoms with Gasteiger partial charge in [-0.25, -0.2) is 0 Å². The first-order valence-electron chi connectivity index (χ1n) is 6.58. The molecule has 4 saturated carbocycles. The Hall–Kier alpha value is -0.0800. The summed E-state index contributed by atoms with van der Waals surface area (Å²) in [6.07, 6.45) is 9.33. The maximum atomic E-state index is 9.06. The summed E-state index contributed by atoms with van der Waals surface area (Å²) < 4.78 is 0. The lowest BCUT2D eigenvalue weighted by Gasteiger charge is -2.59. The summed E-state index contributed by atoms with van der Waals surface area (Å²) in [5, 5.41) is 9.06. The summed E-state index contributed by atoms with van der Waals surface area (Å²) in [7, 11) is 0. The fourth-order valence-electron chi connectivity index (χ4n) is 5.08. The van der Waals surface area contributed by atoms with E-state index >= 15 is 0 Å². The Kier molecular flexibility index (Phi) is 2.33. The van der Waals surface area contributed by atoms with Gasteiger partial charge in [0, 0.05) is 12.6 Å². The Morgan fingerprint density at radius 1 is 1.07 bits per heavy atom. The van der Waals surface area contributed by atoms with Gasteiger partial charge >= 0.3 is 0 Å². The summed E-state index contributed by atoms with van der Waals surface area (Å²) in [4.78, 5) is 0. The summed E-state index contributed by atoms with van der Waals surface area (Å²) in [6.45, 7) is 0.267. The molecule has 0 saturated heterocycles. The molecule has 4 aliphatic carbocycles. The Bertz CT molecular complexity index is 216. The summed E-state index contributed by atoms with van der Waals surface area (Å²) in [6, 6.07) is 0.260. The molecule has 2 heteroatoms. The van der Waals surface area contributed by atoms with Crippen molar-refractivity contribution in [2.45, 2.75) is 51.0 Å². The minimum Gasteiger partial charge on any atom is -0.396 e. The molecule has 3 N–H and O–H groups in total. The number of hydrogen-bond donors (Lipinski definition) is 2. The fourth-order valence-corrected chi connectivity index (χ4v) is 5.08. The van der Waals surface area contributed by atoms with E-state index in [0.29, 0.717) is 5.41 Å². The highest BCUT2D eigenvalue weighted by Gasteiger charge is 2.52. The van der Waals surface area contributed by atoms with Crippen LogP contribution in [0.1, 0.15) is 44.9 Å². The average molecular weight is 209 g/mol. The van der Waals surface area contributed by atoms with Gasteiger partial charge in [0.25, 0.3) is 0 Å². The molecule has 0 spiro atoms. The van der Waals surface area contributed by atoms with Crippen molar-refractivity contribution in [1.82, 2.24) is 0 Å². The molecular formula is C13H23NO. The first-order chi connectivity index (χ1) is 7.22. The zero-order valence-corrected chi connectivity index (χ0v) is 9.49. The lowest BCUT2D eigenvalue weighted by atomic mass is 9.47. The Labute approximate surface area is 92.2 Å². The van der Waals surface area contributed by atoms with Crippen molar-refractivity contribution in [3.8, 4) is 0 Å². The molecule has 15 heavy (non-hydrogen) atoms. The van der Waals surface area contributed by atoms with Crippen LogP contribution in [-0.2, 0) is 0 Å². The summed E-state index contributed by atoms with van der Waals surface area (Å²) in [5.41, 5.74) is 6.75. The second-order valence-electron chi connectivity index (χ2n) is 6.40. The monoisotopic (exact) mass is 209 g/mol. The summed E-state index contributed by atoms with van der Waals surface area (Å²) >= 11 is 0. The van der Waals surface area contributed by atoms with Crippen molar-refractivity contribution in [2.24, 2.45) is 28.9 Å². The lowest BCUT2D eigenvalue weighted by molar-refractivity contribution is -0.0699. The van der Waals surface area contributed by atoms with Crippen molar-refractivity contribution >= 4 is 0 Å². The standard InChI is InChI=1S/C13H23NO/c14-12(1-2-15)13-6-9-3-10(7-13)5-11(4-9)8-13/h9-12,15H,1-8,14H2/t9?,10?,11?,12-,13?/m0/s1. The third-order valence-corrected chi connectivity index (χ3v) is 5.31. The maximum Gasteiger partial charge on any atom is 0.0445 e. The van der Waals surface area contributed by atoms with Gasteiger partial charge in [0.1, 0.15) is 0 Å². The van der Waals surface area contributed by atoms with Gasteiger partial charge in [-0.3, -0.25) is 0 Å². The molecule has 1 atom stereocenters. The van der Waals surface area contributed by atoms with Gasteiger partial charge in [-0.1, -0.05) is 0 Å². The minimum atomic E-state index is 0.260. The van der Waals surface area contributed by atoms with Crippen LogP contribution in [0.25, 0.3) is 0 Å². The SMILES string of the molecule is N[C@@H](CCO)C12CC3CC(CC(C3)C1)C2. The molecule has 0 aromatic heterocycles. The highest BCUT2D eigenvalue weighted by molar-refractivity contribution is 5.05. The molecule has 4 rings (SSSR count). The van der Waals surface area contributed by atoms with E-state index in [0.717, 1.165) is 24.2 Å². The van der Waals surface area contributed by atoms with Crippen LogP contribution in [0.2, 0.25) is 0 Å². The summed E-state index contributed by atoms with van der Waals surface area (Å²) in [5.74, 6) is 2.92. The number of rotatable bonds is 3. The topological polar surface area (TPSA) is 46.2 Å². The van der Waals surface area contributed by atoms with Crippen LogP contribution < -0.4 is 5.73 Å². The normalized spacial score (nSPS) is 49.6. The molecule has 4 bridgehead atoms. The van der Waals surface area contributed by atoms with E-state index in [1.807, 2.05) is 0 Å². The molecule has 86 valence electrons. The van der Waals surface area contributed by atoms with Crippen molar-refractivity contribution in [3.63, 3.8) is 0 Å². The molecular weight excluding hydrogens is 186 g/mol. The predicted octanol–water partition coefficient (Wildman–Crippen LogP) is 1.91. The van der Waals surface area contributed by atoms with Crippen molar-refractivity contribution < 1.29 is 5.11 Å². The van der Waals surface area contributed by atoms with Gasteiger partial charge in [0.2, 0.25) is 0 Å². The highest BCUT2D eigenvalue weighted by atomic mass is 16.3. The van der Waals surface area contributed by atoms with E-state index in [1.54, 1.807) is 0 Å². The number of nitrogens with two attached hydrogens (primary N) is 1. The fraction of sp³-hybridized carbons (Fsp3) is 1.00. The molecule has 0 heterocycles. The minimum absolute atomic E-state index is 0.260. The second-order valence-corrected chi connectivity index (χ2v) is 6.40. The Balaban J connectivity index is 1.80. The van der Waals surface area contributed by atoms with Crippen LogP contribution in [0.15, 0.2) is 0 Å². The first kappa shape index (κ1) is 10.1. The lowest BCUT2D eigenvalue weighted by Crippen LogP contribution is -2.54. The average Bonchev–Trinajstić information content (AvgIpc) is 2.15. The highest BCUT2D eigenvalue weighted by Crippen LogP contribution is 2.61. The van der Waals surface area contributed by atoms with E-state index in [9.17, 15) is 0 Å². The molecule has 4 fully saturated rings. The van der Waals surface area contributed by atoms with Crippen LogP contribution in [0.3, 0.4) is 0 Å². The van der Waals surface area contributed by atoms with Gasteiger partial charge in [-0.2, -0.15) is 0 Å². The number of aliphatic hydroxyl groups is 1. The third-order valence-electron chi connectivity index (χ3n) is 5.31. The van der Waals surface area contributed by atoms with Gasteiger partial charge in [-0.05, 0) is 68.1 Å². The van der Waals surface area contributed by atoms with Gasteiger partial charge < -0.3 is 10.8 Å². The number of hydrogen-bond acceptors (Lipinski definition) is 2. The Morgan fingerprint density at radius 3 is 1.93 bits per heavy atom. The largest absolute Gasteiger partial charge is 0.396 e. The van der Waals surface area contributed by atoms with Gasteiger partial charge in [0.15, 0.2) is 0 Å². The zero-order valence-electron chi connectivity index (χ0n) is 9.49. The van der Waals surface area contributed by atoms with E-state index in [2.05, 4.69) is 0 Å². The van der Waals surface area contributed by atoms with E-state index in [-0.39, 0.29) is 12.6 Å². The first-order valence-corrected chi connectivity index (χ1v) is 6.58. The number of aliphatic hydroxyl groups excluding tert-OH is 1. The molecule has 0 aliphatic heterocycles. The van der Waals surface area contributed by atoms with Crippen LogP contribution >= 0.6 is 0 Å². The molecule has 4 aliphatic rings. The maximum absolute atomic E-state index is 9.06. The smallest absolute Gasteiger partial charge is 0.0445 e. The van der Waals surface area contributed by atoms with E-state index in [1.165, 1.54) is 38.5 Å². The molecule has 0 aromatic carbocycles. The van der Waals surface area contributed by atoms with E-state index < -0.39 is 0 Å². The quantitative estimate of drug-likeness (QED) is 0.746. The predicted molar refractivity (Wildman–Crippen MR) is 60.3 cm³/mol. The molecule has 0 radical (unpaired) electrons. The van der Waals surface area contributed by atoms with Crippen LogP contribution in [0.4, 0.5) is 0 Å². The van der Waals surface area contributed by atoms with Gasteiger partial charge in [0.05, 0.1) is 0 Å². The molecule has 0 unspecified atom stereocenters. The molecule has 0 aromatic rings. The van der Waals surface area contributed by atoms with Crippen LogP contribution in [0, 0.1) is 23.2 Å². The van der Waals surface area contributed by atoms with Crippen molar-refractivity contribution in [2.75, 3.05) is 6.61 Å². The van der Waals surface area contributed by atoms with Crippen molar-refractivity contribution in [3.05, 3.63) is 0 Å². The molecule has 2 nitrogen and oxygen atoms in total. The zero-order chi connectivity index (χ0) is 10.5. The van der Waals surface area contributed by atoms with Gasteiger partial charge in [-0.15, -0.1) is 0 Å². The second kappa shape index (κ2) is 3.46. The van der Waals surface area contributed by atoms with Crippen molar-refractivity contribution in [1.29, 1.82) is 0 Å². The van der Waals surface area contributed by atoms with Crippen LogP contribution in [-0.4, -0.2) is 17.8 Å². The molecule has 0 amide bonds. The van der Waals surface area contributed by atoms with Crippen LogP contribution in [0.5, 0.6) is 0 Å².